The molecule has 0 saturated heterocycles. The van der Waals surface area contributed by atoms with E-state index in [1.807, 2.05) is 0 Å². The van der Waals surface area contributed by atoms with Crippen molar-refractivity contribution in [3.8, 4) is 0 Å². The molecule has 102 valence electrons. The van der Waals surface area contributed by atoms with Crippen LogP contribution in [0.15, 0.2) is 22.8 Å². The van der Waals surface area contributed by atoms with Crippen molar-refractivity contribution in [1.29, 1.82) is 0 Å². The third-order valence-electron chi connectivity index (χ3n) is 2.62. The molecule has 0 atom stereocenters. The van der Waals surface area contributed by atoms with Crippen LogP contribution in [0.5, 0.6) is 0 Å². The number of halogens is 4. The summed E-state index contributed by atoms with van der Waals surface area (Å²) in [6.45, 7) is 3.61. The summed E-state index contributed by atoms with van der Waals surface area (Å²) < 4.78 is 39.8. The minimum atomic E-state index is -4.92. The Balaban J connectivity index is 2.73. The molecule has 2 heterocycles. The van der Waals surface area contributed by atoms with Gasteiger partial charge in [0.15, 0.2) is 0 Å². The second-order valence-electron chi connectivity index (χ2n) is 4.40. The first-order valence-electron chi connectivity index (χ1n) is 5.51. The molecule has 0 aliphatic rings. The van der Waals surface area contributed by atoms with Gasteiger partial charge in [-0.1, -0.05) is 13.8 Å². The molecular weight excluding hydrogens is 325 g/mol. The summed E-state index contributed by atoms with van der Waals surface area (Å²) in [6.07, 6.45) is -3.32. The van der Waals surface area contributed by atoms with Gasteiger partial charge in [0.25, 0.3) is 5.78 Å². The maximum Gasteiger partial charge on any atom is 0.456 e. The van der Waals surface area contributed by atoms with E-state index in [-0.39, 0.29) is 11.4 Å². The number of hydrogen-bond acceptors (Lipinski definition) is 2. The van der Waals surface area contributed by atoms with Gasteiger partial charge in [0.05, 0.1) is 5.52 Å². The summed E-state index contributed by atoms with van der Waals surface area (Å²) in [6, 6.07) is 3.02. The van der Waals surface area contributed by atoms with Crippen molar-refractivity contribution >= 4 is 27.2 Å². The predicted molar refractivity (Wildman–Crippen MR) is 67.4 cm³/mol. The fraction of sp³-hybridized carbons (Fsp3) is 0.333. The van der Waals surface area contributed by atoms with E-state index < -0.39 is 17.7 Å². The minimum absolute atomic E-state index is 0.100. The van der Waals surface area contributed by atoms with Crippen molar-refractivity contribution in [3.63, 3.8) is 0 Å². The van der Waals surface area contributed by atoms with Crippen molar-refractivity contribution in [2.75, 3.05) is 0 Å². The first-order chi connectivity index (χ1) is 8.71. The Labute approximate surface area is 115 Å². The normalized spacial score (nSPS) is 12.4. The van der Waals surface area contributed by atoms with Gasteiger partial charge in [0.2, 0.25) is 0 Å². The highest BCUT2D eigenvalue weighted by atomic mass is 79.9. The lowest BCUT2D eigenvalue weighted by Crippen LogP contribution is -2.23. The predicted octanol–water partition coefficient (Wildman–Crippen LogP) is 3.97. The zero-order valence-corrected chi connectivity index (χ0v) is 11.7. The van der Waals surface area contributed by atoms with Crippen LogP contribution in [-0.4, -0.2) is 21.3 Å². The molecule has 0 amide bonds. The van der Waals surface area contributed by atoms with E-state index >= 15 is 0 Å². The van der Waals surface area contributed by atoms with Gasteiger partial charge in [-0.2, -0.15) is 13.2 Å². The number of ketones is 1. The number of pyridine rings is 1. The highest BCUT2D eigenvalue weighted by Crippen LogP contribution is 2.27. The lowest BCUT2D eigenvalue weighted by atomic mass is 10.2. The molecule has 0 aromatic carbocycles. The van der Waals surface area contributed by atoms with Gasteiger partial charge >= 0.3 is 6.18 Å². The molecule has 0 aliphatic heterocycles. The van der Waals surface area contributed by atoms with Crippen LogP contribution in [0.25, 0.3) is 5.52 Å². The number of rotatable bonds is 2. The average molecular weight is 335 g/mol. The maximum absolute atomic E-state index is 12.5. The Kier molecular flexibility index (Phi) is 3.42. The molecule has 0 radical (unpaired) electrons. The summed E-state index contributed by atoms with van der Waals surface area (Å²) in [5.74, 6) is -1.60. The van der Waals surface area contributed by atoms with Crippen molar-refractivity contribution < 1.29 is 18.0 Å². The molecule has 0 N–H and O–H groups in total. The standard InChI is InChI=1S/C12H10BrF3N2O/c1-6(2)11-17-9(10(19)12(14,15)16)8-4-3-7(13)5-18(8)11/h3-6H,1-2H3. The number of hydrogen-bond donors (Lipinski definition) is 0. The second-order valence-corrected chi connectivity index (χ2v) is 5.32. The summed E-state index contributed by atoms with van der Waals surface area (Å²) in [7, 11) is 0. The Hall–Kier alpha value is -1.37. The van der Waals surface area contributed by atoms with Crippen LogP contribution in [0.3, 0.4) is 0 Å². The molecule has 0 spiro atoms. The van der Waals surface area contributed by atoms with Crippen molar-refractivity contribution in [3.05, 3.63) is 34.3 Å². The summed E-state index contributed by atoms with van der Waals surface area (Å²) >= 11 is 3.25. The molecule has 2 aromatic heterocycles. The smallest absolute Gasteiger partial charge is 0.302 e. The molecule has 0 unspecified atom stereocenters. The van der Waals surface area contributed by atoms with Crippen LogP contribution in [0.1, 0.15) is 36.1 Å². The van der Waals surface area contributed by atoms with Crippen molar-refractivity contribution in [2.24, 2.45) is 0 Å². The van der Waals surface area contributed by atoms with Gasteiger partial charge in [0, 0.05) is 16.6 Å². The van der Waals surface area contributed by atoms with Crippen molar-refractivity contribution in [1.82, 2.24) is 9.38 Å². The Morgan fingerprint density at radius 3 is 2.53 bits per heavy atom. The first-order valence-corrected chi connectivity index (χ1v) is 6.30. The molecular formula is C12H10BrF3N2O. The van der Waals surface area contributed by atoms with Gasteiger partial charge in [-0.25, -0.2) is 4.98 Å². The van der Waals surface area contributed by atoms with E-state index in [2.05, 4.69) is 20.9 Å². The number of carbonyl (C=O) groups is 1. The Bertz CT molecular complexity index is 646. The second kappa shape index (κ2) is 4.63. The molecule has 2 rings (SSSR count). The molecule has 0 saturated carbocycles. The lowest BCUT2D eigenvalue weighted by Gasteiger charge is -2.04. The molecule has 2 aromatic rings. The van der Waals surface area contributed by atoms with E-state index in [4.69, 9.17) is 0 Å². The third kappa shape index (κ3) is 2.51. The number of carbonyl (C=O) groups excluding carboxylic acids is 1. The average Bonchev–Trinajstić information content (AvgIpc) is 2.65. The van der Waals surface area contributed by atoms with Gasteiger partial charge in [-0.15, -0.1) is 0 Å². The zero-order chi connectivity index (χ0) is 14.4. The largest absolute Gasteiger partial charge is 0.456 e. The number of alkyl halides is 3. The molecule has 3 nitrogen and oxygen atoms in total. The first kappa shape index (κ1) is 14.0. The fourth-order valence-electron chi connectivity index (χ4n) is 1.79. The summed E-state index contributed by atoms with van der Waals surface area (Å²) in [5.41, 5.74) is -0.391. The van der Waals surface area contributed by atoms with Gasteiger partial charge in [-0.3, -0.25) is 4.79 Å². The van der Waals surface area contributed by atoms with Crippen LogP contribution < -0.4 is 0 Å². The highest BCUT2D eigenvalue weighted by Gasteiger charge is 2.42. The summed E-state index contributed by atoms with van der Waals surface area (Å²) in [4.78, 5) is 15.3. The third-order valence-corrected chi connectivity index (χ3v) is 3.09. The Morgan fingerprint density at radius 2 is 2.00 bits per heavy atom. The van der Waals surface area contributed by atoms with Crippen LogP contribution in [0, 0.1) is 0 Å². The van der Waals surface area contributed by atoms with E-state index in [9.17, 15) is 18.0 Å². The quantitative estimate of drug-likeness (QED) is 0.779. The maximum atomic E-state index is 12.5. The number of fused-ring (bicyclic) bond motifs is 1. The zero-order valence-electron chi connectivity index (χ0n) is 10.1. The van der Waals surface area contributed by atoms with Gasteiger partial charge in [0.1, 0.15) is 11.5 Å². The Morgan fingerprint density at radius 1 is 1.37 bits per heavy atom. The minimum Gasteiger partial charge on any atom is -0.302 e. The molecule has 0 bridgehead atoms. The van der Waals surface area contributed by atoms with Gasteiger partial charge < -0.3 is 4.40 Å². The van der Waals surface area contributed by atoms with E-state index in [1.54, 1.807) is 26.1 Å². The van der Waals surface area contributed by atoms with Gasteiger partial charge in [-0.05, 0) is 28.1 Å². The van der Waals surface area contributed by atoms with Crippen LogP contribution in [-0.2, 0) is 0 Å². The highest BCUT2D eigenvalue weighted by molar-refractivity contribution is 9.10. The van der Waals surface area contributed by atoms with E-state index in [0.717, 1.165) is 0 Å². The molecule has 7 heteroatoms. The topological polar surface area (TPSA) is 34.4 Å². The molecule has 19 heavy (non-hydrogen) atoms. The van der Waals surface area contributed by atoms with E-state index in [1.165, 1.54) is 10.5 Å². The van der Waals surface area contributed by atoms with E-state index in [0.29, 0.717) is 10.3 Å². The lowest BCUT2D eigenvalue weighted by molar-refractivity contribution is -0.0887. The number of nitrogens with zero attached hydrogens (tertiary/aromatic N) is 2. The van der Waals surface area contributed by atoms with Crippen molar-refractivity contribution in [2.45, 2.75) is 25.9 Å². The number of aromatic nitrogens is 2. The summed E-state index contributed by atoms with van der Waals surface area (Å²) in [5, 5.41) is 0. The van der Waals surface area contributed by atoms with Crippen LogP contribution in [0.2, 0.25) is 0 Å². The van der Waals surface area contributed by atoms with Crippen LogP contribution in [0.4, 0.5) is 13.2 Å². The fourth-order valence-corrected chi connectivity index (χ4v) is 2.13. The SMILES string of the molecule is CC(C)c1nc(C(=O)C(F)(F)F)c2ccc(Br)cn12. The monoisotopic (exact) mass is 334 g/mol. The van der Waals surface area contributed by atoms with Crippen LogP contribution >= 0.6 is 15.9 Å². The number of Topliss-reactive ketones (excluding diaryl/α,β-unsaturated/α-hetero) is 1. The number of imidazole rings is 1. The molecule has 0 fully saturated rings. The molecule has 0 aliphatic carbocycles.